The first kappa shape index (κ1) is 12.1. The van der Waals surface area contributed by atoms with Crippen molar-refractivity contribution in [2.24, 2.45) is 0 Å². The van der Waals surface area contributed by atoms with Crippen LogP contribution in [0.3, 0.4) is 0 Å². The van der Waals surface area contributed by atoms with Crippen LogP contribution in [0, 0.1) is 12.7 Å². The standard InChI is InChI=1S/C14H13FN2O/c1-9-3-2-4-10(7-9)14(18)17-11-5-6-13(16)12(15)8-11/h2-8H,16H2,1H3,(H,17,18). The molecule has 3 nitrogen and oxygen atoms in total. The quantitative estimate of drug-likeness (QED) is 0.798. The molecule has 2 aromatic carbocycles. The highest BCUT2D eigenvalue weighted by Crippen LogP contribution is 2.17. The molecule has 18 heavy (non-hydrogen) atoms. The number of halogens is 1. The number of benzene rings is 2. The lowest BCUT2D eigenvalue weighted by Crippen LogP contribution is -2.12. The Bertz CT molecular complexity index is 596. The number of hydrogen-bond acceptors (Lipinski definition) is 2. The molecule has 0 aliphatic heterocycles. The number of carbonyl (C=O) groups excluding carboxylic acids is 1. The van der Waals surface area contributed by atoms with E-state index in [0.717, 1.165) is 5.56 Å². The lowest BCUT2D eigenvalue weighted by molar-refractivity contribution is 0.102. The average molecular weight is 244 g/mol. The summed E-state index contributed by atoms with van der Waals surface area (Å²) in [7, 11) is 0. The van der Waals surface area contributed by atoms with E-state index in [1.165, 1.54) is 12.1 Å². The molecule has 0 atom stereocenters. The van der Waals surface area contributed by atoms with Crippen molar-refractivity contribution in [3.05, 3.63) is 59.4 Å². The van der Waals surface area contributed by atoms with E-state index in [0.29, 0.717) is 11.3 Å². The molecule has 2 aromatic rings. The summed E-state index contributed by atoms with van der Waals surface area (Å²) in [5, 5.41) is 2.62. The van der Waals surface area contributed by atoms with Crippen molar-refractivity contribution in [2.75, 3.05) is 11.1 Å². The highest BCUT2D eigenvalue weighted by atomic mass is 19.1. The Hall–Kier alpha value is -2.36. The molecular formula is C14H13FN2O. The monoisotopic (exact) mass is 244 g/mol. The Morgan fingerprint density at radius 2 is 2.00 bits per heavy atom. The molecule has 92 valence electrons. The summed E-state index contributed by atoms with van der Waals surface area (Å²) in [6.45, 7) is 1.90. The van der Waals surface area contributed by atoms with Crippen LogP contribution in [0.5, 0.6) is 0 Å². The van der Waals surface area contributed by atoms with Crippen molar-refractivity contribution in [3.8, 4) is 0 Å². The molecule has 0 heterocycles. The molecule has 0 aliphatic rings. The highest BCUT2D eigenvalue weighted by Gasteiger charge is 2.07. The summed E-state index contributed by atoms with van der Waals surface area (Å²) in [6.07, 6.45) is 0. The third kappa shape index (κ3) is 2.66. The molecule has 4 heteroatoms. The smallest absolute Gasteiger partial charge is 0.255 e. The summed E-state index contributed by atoms with van der Waals surface area (Å²) in [5.74, 6) is -0.820. The Labute approximate surface area is 104 Å². The van der Waals surface area contributed by atoms with Crippen molar-refractivity contribution >= 4 is 17.3 Å². The van der Waals surface area contributed by atoms with E-state index in [4.69, 9.17) is 5.73 Å². The molecule has 0 spiro atoms. The van der Waals surface area contributed by atoms with Crippen molar-refractivity contribution in [1.29, 1.82) is 0 Å². The van der Waals surface area contributed by atoms with Gasteiger partial charge in [-0.3, -0.25) is 4.79 Å². The van der Waals surface area contributed by atoms with Gasteiger partial charge in [0.25, 0.3) is 5.91 Å². The second-order valence-electron chi connectivity index (χ2n) is 4.06. The van der Waals surface area contributed by atoms with E-state index >= 15 is 0 Å². The van der Waals surface area contributed by atoms with Gasteiger partial charge in [-0.15, -0.1) is 0 Å². The Morgan fingerprint density at radius 1 is 1.22 bits per heavy atom. The number of rotatable bonds is 2. The molecule has 0 saturated heterocycles. The third-order valence-corrected chi connectivity index (χ3v) is 2.54. The van der Waals surface area contributed by atoms with Gasteiger partial charge in [-0.1, -0.05) is 17.7 Å². The Morgan fingerprint density at radius 3 is 2.67 bits per heavy atom. The van der Waals surface area contributed by atoms with E-state index in [-0.39, 0.29) is 11.6 Å². The summed E-state index contributed by atoms with van der Waals surface area (Å²) in [6, 6.07) is 11.3. The van der Waals surface area contributed by atoms with Gasteiger partial charge >= 0.3 is 0 Å². The number of amides is 1. The maximum atomic E-state index is 13.2. The third-order valence-electron chi connectivity index (χ3n) is 2.54. The van der Waals surface area contributed by atoms with Crippen LogP contribution in [0.2, 0.25) is 0 Å². The second kappa shape index (κ2) is 4.87. The minimum atomic E-state index is -0.544. The van der Waals surface area contributed by atoms with Crippen LogP contribution in [0.25, 0.3) is 0 Å². The first-order valence-electron chi connectivity index (χ1n) is 5.49. The van der Waals surface area contributed by atoms with Gasteiger partial charge in [0.1, 0.15) is 5.82 Å². The van der Waals surface area contributed by atoms with Gasteiger partial charge in [-0.25, -0.2) is 4.39 Å². The number of hydrogen-bond donors (Lipinski definition) is 2. The van der Waals surface area contributed by atoms with Gasteiger partial charge in [-0.05, 0) is 37.3 Å². The summed E-state index contributed by atoms with van der Waals surface area (Å²) in [5.41, 5.74) is 7.33. The van der Waals surface area contributed by atoms with Crippen molar-refractivity contribution < 1.29 is 9.18 Å². The minimum absolute atomic E-state index is 0.0588. The Kier molecular flexibility index (Phi) is 3.28. The zero-order valence-electron chi connectivity index (χ0n) is 9.91. The Balaban J connectivity index is 2.18. The number of anilines is 2. The molecule has 3 N–H and O–H groups in total. The van der Waals surface area contributed by atoms with Crippen LogP contribution in [-0.4, -0.2) is 5.91 Å². The topological polar surface area (TPSA) is 55.1 Å². The summed E-state index contributed by atoms with van der Waals surface area (Å²) < 4.78 is 13.2. The van der Waals surface area contributed by atoms with Crippen molar-refractivity contribution in [2.45, 2.75) is 6.92 Å². The summed E-state index contributed by atoms with van der Waals surface area (Å²) >= 11 is 0. The fourth-order valence-electron chi connectivity index (χ4n) is 1.59. The number of nitrogens with two attached hydrogens (primary N) is 1. The van der Waals surface area contributed by atoms with Crippen LogP contribution >= 0.6 is 0 Å². The van der Waals surface area contributed by atoms with Crippen LogP contribution in [0.1, 0.15) is 15.9 Å². The lowest BCUT2D eigenvalue weighted by Gasteiger charge is -2.06. The first-order valence-corrected chi connectivity index (χ1v) is 5.49. The van der Waals surface area contributed by atoms with Gasteiger partial charge < -0.3 is 11.1 Å². The molecule has 1 amide bonds. The predicted octanol–water partition coefficient (Wildman–Crippen LogP) is 2.97. The van der Waals surface area contributed by atoms with Crippen LogP contribution < -0.4 is 11.1 Å². The number of nitrogens with one attached hydrogen (secondary N) is 1. The fourth-order valence-corrected chi connectivity index (χ4v) is 1.59. The molecule has 0 aliphatic carbocycles. The maximum absolute atomic E-state index is 13.2. The normalized spacial score (nSPS) is 10.1. The predicted molar refractivity (Wildman–Crippen MR) is 69.9 cm³/mol. The van der Waals surface area contributed by atoms with Gasteiger partial charge in [0.15, 0.2) is 0 Å². The molecule has 2 rings (SSSR count). The molecule has 0 unspecified atom stereocenters. The zero-order chi connectivity index (χ0) is 13.1. The van der Waals surface area contributed by atoms with E-state index in [9.17, 15) is 9.18 Å². The molecule has 0 radical (unpaired) electrons. The molecular weight excluding hydrogens is 231 g/mol. The molecule has 0 bridgehead atoms. The molecule has 0 saturated carbocycles. The van der Waals surface area contributed by atoms with E-state index in [2.05, 4.69) is 5.32 Å². The number of nitrogen functional groups attached to an aromatic ring is 1. The molecule has 0 fully saturated rings. The van der Waals surface area contributed by atoms with Gasteiger partial charge in [-0.2, -0.15) is 0 Å². The van der Waals surface area contributed by atoms with Crippen LogP contribution in [0.4, 0.5) is 15.8 Å². The SMILES string of the molecule is Cc1cccc(C(=O)Nc2ccc(N)c(F)c2)c1. The van der Waals surface area contributed by atoms with E-state index in [1.54, 1.807) is 24.3 Å². The highest BCUT2D eigenvalue weighted by molar-refractivity contribution is 6.04. The summed E-state index contributed by atoms with van der Waals surface area (Å²) in [4.78, 5) is 11.9. The average Bonchev–Trinajstić information content (AvgIpc) is 2.34. The van der Waals surface area contributed by atoms with Crippen molar-refractivity contribution in [1.82, 2.24) is 0 Å². The zero-order valence-corrected chi connectivity index (χ0v) is 9.91. The largest absolute Gasteiger partial charge is 0.396 e. The second-order valence-corrected chi connectivity index (χ2v) is 4.06. The molecule has 0 aromatic heterocycles. The van der Waals surface area contributed by atoms with Gasteiger partial charge in [0.05, 0.1) is 5.69 Å². The number of carbonyl (C=O) groups is 1. The fraction of sp³-hybridized carbons (Fsp3) is 0.0714. The van der Waals surface area contributed by atoms with Crippen molar-refractivity contribution in [3.63, 3.8) is 0 Å². The maximum Gasteiger partial charge on any atom is 0.255 e. The first-order chi connectivity index (χ1) is 8.56. The van der Waals surface area contributed by atoms with Gasteiger partial charge in [0, 0.05) is 11.3 Å². The van der Waals surface area contributed by atoms with Gasteiger partial charge in [0.2, 0.25) is 0 Å². The number of aryl methyl sites for hydroxylation is 1. The van der Waals surface area contributed by atoms with Crippen LogP contribution in [0.15, 0.2) is 42.5 Å². The van der Waals surface area contributed by atoms with E-state index < -0.39 is 5.82 Å². The van der Waals surface area contributed by atoms with Crippen LogP contribution in [-0.2, 0) is 0 Å². The minimum Gasteiger partial charge on any atom is -0.396 e. The lowest BCUT2D eigenvalue weighted by atomic mass is 10.1. The van der Waals surface area contributed by atoms with E-state index in [1.807, 2.05) is 13.0 Å².